The molecule has 1 fully saturated rings. The first-order valence-corrected chi connectivity index (χ1v) is 3.49. The molecule has 1 atom stereocenters. The molecule has 1 saturated heterocycles. The summed E-state index contributed by atoms with van der Waals surface area (Å²) in [7, 11) is 0. The fraction of sp³-hybridized carbons (Fsp3) is 0.833. The summed E-state index contributed by atoms with van der Waals surface area (Å²) >= 11 is 0. The summed E-state index contributed by atoms with van der Waals surface area (Å²) in [6.45, 7) is -0.0349. The monoisotopic (exact) mass is 181 g/mol. The number of hydrogen-bond acceptors (Lipinski definition) is 2. The lowest BCUT2D eigenvalue weighted by atomic mass is 10.3. The molecule has 0 aliphatic carbocycles. The van der Waals surface area contributed by atoms with Crippen molar-refractivity contribution in [3.63, 3.8) is 0 Å². The number of nitrogens with zero attached hydrogens (tertiary/aromatic N) is 1. The van der Waals surface area contributed by atoms with Crippen molar-refractivity contribution in [1.29, 1.82) is 0 Å². The Bertz CT molecular complexity index is 176. The van der Waals surface area contributed by atoms with Gasteiger partial charge < -0.3 is 14.7 Å². The maximum atomic E-state index is 12.0. The molecule has 0 aromatic carbocycles. The van der Waals surface area contributed by atoms with Crippen LogP contribution in [0.2, 0.25) is 0 Å². The Hall–Kier alpha value is -0.910. The molecule has 70 valence electrons. The van der Waals surface area contributed by atoms with Crippen molar-refractivity contribution in [2.24, 2.45) is 0 Å². The van der Waals surface area contributed by atoms with Gasteiger partial charge in [-0.3, -0.25) is 0 Å². The standard InChI is InChI=1S/C6H9F2NO3/c7-5(8)4-3-9(6(10)11)1-2-12-4/h4-5H,1-3H2,(H,10,11). The number of ether oxygens (including phenoxy) is 1. The van der Waals surface area contributed by atoms with Crippen LogP contribution >= 0.6 is 0 Å². The molecule has 1 aliphatic rings. The number of alkyl halides is 2. The summed E-state index contributed by atoms with van der Waals surface area (Å²) in [5.74, 6) is 0. The number of hydrogen-bond donors (Lipinski definition) is 1. The molecule has 0 saturated carbocycles. The van der Waals surface area contributed by atoms with Crippen molar-refractivity contribution >= 4 is 6.09 Å². The second-order valence-electron chi connectivity index (χ2n) is 2.47. The van der Waals surface area contributed by atoms with E-state index in [1.165, 1.54) is 0 Å². The normalized spacial score (nSPS) is 24.6. The molecular weight excluding hydrogens is 172 g/mol. The van der Waals surface area contributed by atoms with Gasteiger partial charge in [0, 0.05) is 6.54 Å². The minimum Gasteiger partial charge on any atom is -0.465 e. The molecule has 12 heavy (non-hydrogen) atoms. The van der Waals surface area contributed by atoms with E-state index in [1.807, 2.05) is 0 Å². The van der Waals surface area contributed by atoms with Crippen molar-refractivity contribution in [2.45, 2.75) is 12.5 Å². The number of carboxylic acid groups (broad SMARTS) is 1. The quantitative estimate of drug-likeness (QED) is 0.645. The molecule has 1 amide bonds. The minimum atomic E-state index is -2.62. The molecule has 1 unspecified atom stereocenters. The van der Waals surface area contributed by atoms with Gasteiger partial charge in [-0.15, -0.1) is 0 Å². The van der Waals surface area contributed by atoms with Gasteiger partial charge in [-0.2, -0.15) is 0 Å². The summed E-state index contributed by atoms with van der Waals surface area (Å²) in [5, 5.41) is 8.46. The van der Waals surface area contributed by atoms with Crippen LogP contribution in [-0.2, 0) is 4.74 Å². The van der Waals surface area contributed by atoms with E-state index >= 15 is 0 Å². The zero-order chi connectivity index (χ0) is 9.14. The Balaban J connectivity index is 2.46. The molecule has 1 rings (SSSR count). The number of morpholine rings is 1. The van der Waals surface area contributed by atoms with Crippen molar-refractivity contribution in [3.05, 3.63) is 0 Å². The van der Waals surface area contributed by atoms with Crippen molar-refractivity contribution in [1.82, 2.24) is 4.90 Å². The second-order valence-corrected chi connectivity index (χ2v) is 2.47. The third kappa shape index (κ3) is 2.04. The largest absolute Gasteiger partial charge is 0.465 e. The van der Waals surface area contributed by atoms with Crippen LogP contribution < -0.4 is 0 Å². The Kier molecular flexibility index (Phi) is 2.80. The van der Waals surface area contributed by atoms with Crippen LogP contribution in [-0.4, -0.2) is 48.3 Å². The maximum Gasteiger partial charge on any atom is 0.407 e. The van der Waals surface area contributed by atoms with E-state index in [1.54, 1.807) is 0 Å². The third-order valence-corrected chi connectivity index (χ3v) is 1.65. The molecule has 0 spiro atoms. The van der Waals surface area contributed by atoms with Crippen LogP contribution in [0.25, 0.3) is 0 Å². The number of halogens is 2. The number of amides is 1. The first-order chi connectivity index (χ1) is 5.61. The third-order valence-electron chi connectivity index (χ3n) is 1.65. The van der Waals surface area contributed by atoms with Gasteiger partial charge in [-0.25, -0.2) is 13.6 Å². The first kappa shape index (κ1) is 9.18. The van der Waals surface area contributed by atoms with Crippen LogP contribution in [0.3, 0.4) is 0 Å². The van der Waals surface area contributed by atoms with Gasteiger partial charge in [-0.05, 0) is 0 Å². The fourth-order valence-corrected chi connectivity index (χ4v) is 1.00. The van der Waals surface area contributed by atoms with Crippen molar-refractivity contribution in [2.75, 3.05) is 19.7 Å². The zero-order valence-corrected chi connectivity index (χ0v) is 6.24. The van der Waals surface area contributed by atoms with Crippen molar-refractivity contribution < 1.29 is 23.4 Å². The highest BCUT2D eigenvalue weighted by Crippen LogP contribution is 2.12. The van der Waals surface area contributed by atoms with Gasteiger partial charge in [0.2, 0.25) is 0 Å². The van der Waals surface area contributed by atoms with Gasteiger partial charge >= 0.3 is 6.09 Å². The van der Waals surface area contributed by atoms with E-state index in [0.29, 0.717) is 0 Å². The van der Waals surface area contributed by atoms with Crippen LogP contribution in [0.4, 0.5) is 13.6 Å². The molecule has 6 heteroatoms. The summed E-state index contributed by atoms with van der Waals surface area (Å²) in [5.41, 5.74) is 0. The van der Waals surface area contributed by atoms with E-state index in [9.17, 15) is 13.6 Å². The van der Waals surface area contributed by atoms with Crippen LogP contribution in [0.15, 0.2) is 0 Å². The molecule has 1 N–H and O–H groups in total. The minimum absolute atomic E-state index is 0.0430. The Morgan fingerprint density at radius 3 is 2.83 bits per heavy atom. The van der Waals surface area contributed by atoms with Crippen molar-refractivity contribution in [3.8, 4) is 0 Å². The molecule has 0 radical (unpaired) electrons. The highest BCUT2D eigenvalue weighted by Gasteiger charge is 2.29. The molecule has 4 nitrogen and oxygen atoms in total. The maximum absolute atomic E-state index is 12.0. The first-order valence-electron chi connectivity index (χ1n) is 3.49. The highest BCUT2D eigenvalue weighted by atomic mass is 19.3. The molecule has 1 aliphatic heterocycles. The molecule has 0 aromatic rings. The van der Waals surface area contributed by atoms with Gasteiger partial charge in [0.1, 0.15) is 6.10 Å². The van der Waals surface area contributed by atoms with E-state index in [-0.39, 0.29) is 19.7 Å². The van der Waals surface area contributed by atoms with E-state index in [0.717, 1.165) is 4.90 Å². The lowest BCUT2D eigenvalue weighted by molar-refractivity contribution is -0.0958. The van der Waals surface area contributed by atoms with E-state index < -0.39 is 18.6 Å². The highest BCUT2D eigenvalue weighted by molar-refractivity contribution is 5.65. The van der Waals surface area contributed by atoms with E-state index in [2.05, 4.69) is 4.74 Å². The topological polar surface area (TPSA) is 49.8 Å². The summed E-state index contributed by atoms with van der Waals surface area (Å²) < 4.78 is 28.7. The van der Waals surface area contributed by atoms with Gasteiger partial charge in [-0.1, -0.05) is 0 Å². The second kappa shape index (κ2) is 3.66. The summed E-state index contributed by atoms with van der Waals surface area (Å²) in [6.07, 6.45) is -5.06. The van der Waals surface area contributed by atoms with Crippen LogP contribution in [0.1, 0.15) is 0 Å². The fourth-order valence-electron chi connectivity index (χ4n) is 1.00. The molecular formula is C6H9F2NO3. The average Bonchev–Trinajstić information content (AvgIpc) is 2.04. The summed E-state index contributed by atoms with van der Waals surface area (Å²) in [4.78, 5) is 11.3. The van der Waals surface area contributed by atoms with Crippen LogP contribution in [0, 0.1) is 0 Å². The predicted molar refractivity (Wildman–Crippen MR) is 35.3 cm³/mol. The van der Waals surface area contributed by atoms with Gasteiger partial charge in [0.05, 0.1) is 13.2 Å². The summed E-state index contributed by atoms with van der Waals surface area (Å²) in [6, 6.07) is 0. The lowest BCUT2D eigenvalue weighted by Crippen LogP contribution is -2.47. The van der Waals surface area contributed by atoms with E-state index in [4.69, 9.17) is 5.11 Å². The molecule has 0 bridgehead atoms. The Morgan fingerprint density at radius 1 is 1.67 bits per heavy atom. The zero-order valence-electron chi connectivity index (χ0n) is 6.24. The smallest absolute Gasteiger partial charge is 0.407 e. The lowest BCUT2D eigenvalue weighted by Gasteiger charge is -2.30. The SMILES string of the molecule is O=C(O)N1CCOC(C(F)F)C1. The molecule has 0 aromatic heterocycles. The van der Waals surface area contributed by atoms with Crippen LogP contribution in [0.5, 0.6) is 0 Å². The Morgan fingerprint density at radius 2 is 2.33 bits per heavy atom. The predicted octanol–water partition coefficient (Wildman–Crippen LogP) is 0.630. The average molecular weight is 181 g/mol. The van der Waals surface area contributed by atoms with Gasteiger partial charge in [0.15, 0.2) is 0 Å². The number of carbonyl (C=O) groups is 1. The Labute approximate surface area is 67.7 Å². The molecule has 1 heterocycles. The van der Waals surface area contributed by atoms with Gasteiger partial charge in [0.25, 0.3) is 6.43 Å². The number of rotatable bonds is 1.